The summed E-state index contributed by atoms with van der Waals surface area (Å²) in [5, 5.41) is 3.80. The third-order valence-corrected chi connectivity index (χ3v) is 5.85. The molecule has 0 saturated carbocycles. The van der Waals surface area contributed by atoms with Crippen LogP contribution in [-0.4, -0.2) is 29.8 Å². The zero-order valence-corrected chi connectivity index (χ0v) is 16.4. The van der Waals surface area contributed by atoms with Gasteiger partial charge in [-0.15, -0.1) is 0 Å². The number of amides is 2. The van der Waals surface area contributed by atoms with Crippen molar-refractivity contribution < 1.29 is 9.59 Å². The van der Waals surface area contributed by atoms with Crippen molar-refractivity contribution in [2.45, 2.75) is 32.6 Å². The number of hydrogen-bond donors (Lipinski definition) is 1. The lowest BCUT2D eigenvalue weighted by atomic mass is 9.71. The van der Waals surface area contributed by atoms with Crippen molar-refractivity contribution in [2.75, 3.05) is 18.4 Å². The number of likely N-dealkylation sites (tertiary alicyclic amines) is 1. The zero-order valence-electron chi connectivity index (χ0n) is 14.9. The topological polar surface area (TPSA) is 49.4 Å². The van der Waals surface area contributed by atoms with Crippen LogP contribution in [0.25, 0.3) is 0 Å². The Hall–Kier alpha value is -1.52. The second-order valence-electron chi connectivity index (χ2n) is 7.04. The summed E-state index contributed by atoms with van der Waals surface area (Å²) in [6.45, 7) is 3.67. The van der Waals surface area contributed by atoms with Crippen LogP contribution in [0.15, 0.2) is 30.4 Å². The van der Waals surface area contributed by atoms with E-state index in [1.807, 2.05) is 11.0 Å². The van der Waals surface area contributed by atoms with E-state index in [2.05, 4.69) is 18.3 Å². The average Bonchev–Trinajstić information content (AvgIpc) is 2.63. The maximum absolute atomic E-state index is 13.0. The summed E-state index contributed by atoms with van der Waals surface area (Å²) in [5.74, 6) is -0.545. The molecule has 1 N–H and O–H groups in total. The van der Waals surface area contributed by atoms with Gasteiger partial charge in [-0.05, 0) is 43.4 Å². The maximum atomic E-state index is 13.0. The Kier molecular flexibility index (Phi) is 6.25. The molecule has 6 heteroatoms. The molecule has 0 radical (unpaired) electrons. The van der Waals surface area contributed by atoms with Crippen LogP contribution in [0.2, 0.25) is 10.0 Å². The predicted molar refractivity (Wildman–Crippen MR) is 105 cm³/mol. The van der Waals surface area contributed by atoms with Gasteiger partial charge < -0.3 is 10.2 Å². The van der Waals surface area contributed by atoms with Crippen LogP contribution in [0.4, 0.5) is 5.69 Å². The number of halogens is 2. The van der Waals surface area contributed by atoms with Gasteiger partial charge in [0.05, 0.1) is 22.5 Å². The number of anilines is 1. The summed E-state index contributed by atoms with van der Waals surface area (Å²) in [6, 6.07) is 4.97. The molecule has 26 heavy (non-hydrogen) atoms. The molecule has 1 aromatic carbocycles. The van der Waals surface area contributed by atoms with E-state index in [-0.39, 0.29) is 29.6 Å². The lowest BCUT2D eigenvalue weighted by Crippen LogP contribution is -2.51. The first kappa shape index (κ1) is 19.2. The number of hydrogen-bond acceptors (Lipinski definition) is 2. The third-order valence-electron chi connectivity index (χ3n) is 5.30. The molecule has 1 aliphatic carbocycles. The Morgan fingerprint density at radius 2 is 2.15 bits per heavy atom. The summed E-state index contributed by atoms with van der Waals surface area (Å²) in [4.78, 5) is 27.9. The summed E-state index contributed by atoms with van der Waals surface area (Å²) < 4.78 is 0. The second kappa shape index (κ2) is 8.45. The van der Waals surface area contributed by atoms with Gasteiger partial charge in [-0.25, -0.2) is 0 Å². The number of unbranched alkanes of at least 4 members (excludes halogenated alkanes) is 1. The SMILES string of the molecule is CCCCN1CC[C@@H]2C=CC[C@H](C(=O)Nc3ccc(Cl)cc3Cl)[C@@H]2C1=O. The Morgan fingerprint density at radius 3 is 2.88 bits per heavy atom. The predicted octanol–water partition coefficient (Wildman–Crippen LogP) is 4.77. The van der Waals surface area contributed by atoms with Crippen LogP contribution in [0.5, 0.6) is 0 Å². The van der Waals surface area contributed by atoms with Crippen molar-refractivity contribution in [2.24, 2.45) is 17.8 Å². The number of nitrogens with zero attached hydrogens (tertiary/aromatic N) is 1. The summed E-state index contributed by atoms with van der Waals surface area (Å²) in [7, 11) is 0. The largest absolute Gasteiger partial charge is 0.342 e. The smallest absolute Gasteiger partial charge is 0.228 e. The fourth-order valence-corrected chi connectivity index (χ4v) is 4.33. The number of carbonyl (C=O) groups excluding carboxylic acids is 2. The first-order chi connectivity index (χ1) is 12.5. The van der Waals surface area contributed by atoms with Gasteiger partial charge >= 0.3 is 0 Å². The van der Waals surface area contributed by atoms with Crippen molar-refractivity contribution in [1.82, 2.24) is 4.90 Å². The molecule has 0 bridgehead atoms. The molecule has 4 nitrogen and oxygen atoms in total. The van der Waals surface area contributed by atoms with Crippen LogP contribution in [0.3, 0.4) is 0 Å². The molecule has 140 valence electrons. The fourth-order valence-electron chi connectivity index (χ4n) is 3.88. The lowest BCUT2D eigenvalue weighted by molar-refractivity contribution is -0.146. The van der Waals surface area contributed by atoms with Crippen molar-refractivity contribution in [3.8, 4) is 0 Å². The summed E-state index contributed by atoms with van der Waals surface area (Å²) in [5.41, 5.74) is 0.526. The fraction of sp³-hybridized carbons (Fsp3) is 0.500. The van der Waals surface area contributed by atoms with Crippen molar-refractivity contribution >= 4 is 40.7 Å². The van der Waals surface area contributed by atoms with Crippen molar-refractivity contribution in [3.05, 3.63) is 40.4 Å². The molecule has 1 aromatic rings. The van der Waals surface area contributed by atoms with E-state index in [0.717, 1.165) is 32.4 Å². The zero-order chi connectivity index (χ0) is 18.7. The normalized spacial score (nSPS) is 25.1. The highest BCUT2D eigenvalue weighted by Gasteiger charge is 2.44. The standard InChI is InChI=1S/C20H24Cl2N2O2/c1-2-3-10-24-11-9-13-5-4-6-15(18(13)20(24)26)19(25)23-17-8-7-14(21)12-16(17)22/h4-5,7-8,12-13,15,18H,2-3,6,9-11H2,1H3,(H,23,25)/t13-,15-,18+/m0/s1. The Morgan fingerprint density at radius 1 is 1.35 bits per heavy atom. The number of allylic oxidation sites excluding steroid dienone is 2. The van der Waals surface area contributed by atoms with E-state index in [9.17, 15) is 9.59 Å². The Balaban J connectivity index is 1.76. The molecule has 0 spiro atoms. The molecular weight excluding hydrogens is 371 g/mol. The van der Waals surface area contributed by atoms with Gasteiger partial charge in [-0.1, -0.05) is 48.7 Å². The van der Waals surface area contributed by atoms with Gasteiger partial charge in [0.1, 0.15) is 0 Å². The number of rotatable bonds is 5. The van der Waals surface area contributed by atoms with E-state index in [1.54, 1.807) is 18.2 Å². The summed E-state index contributed by atoms with van der Waals surface area (Å²) >= 11 is 12.1. The number of piperidine rings is 1. The maximum Gasteiger partial charge on any atom is 0.228 e. The van der Waals surface area contributed by atoms with Crippen LogP contribution in [0.1, 0.15) is 32.6 Å². The molecule has 3 atom stereocenters. The number of carbonyl (C=O) groups is 2. The molecule has 2 amide bonds. The molecule has 1 aliphatic heterocycles. The highest BCUT2D eigenvalue weighted by molar-refractivity contribution is 6.36. The molecule has 2 aliphatic rings. The first-order valence-corrected chi connectivity index (χ1v) is 9.98. The number of benzene rings is 1. The van der Waals surface area contributed by atoms with E-state index in [4.69, 9.17) is 23.2 Å². The number of nitrogens with one attached hydrogen (secondary N) is 1. The van der Waals surface area contributed by atoms with E-state index < -0.39 is 0 Å². The van der Waals surface area contributed by atoms with Crippen LogP contribution in [-0.2, 0) is 9.59 Å². The summed E-state index contributed by atoms with van der Waals surface area (Å²) in [6.07, 6.45) is 7.68. The van der Waals surface area contributed by atoms with Crippen LogP contribution < -0.4 is 5.32 Å². The van der Waals surface area contributed by atoms with Gasteiger partial charge in [0.25, 0.3) is 0 Å². The second-order valence-corrected chi connectivity index (χ2v) is 7.88. The molecule has 0 unspecified atom stereocenters. The van der Waals surface area contributed by atoms with Gasteiger partial charge in [0.15, 0.2) is 0 Å². The molecule has 3 rings (SSSR count). The molecule has 1 saturated heterocycles. The molecule has 0 aromatic heterocycles. The monoisotopic (exact) mass is 394 g/mol. The highest BCUT2D eigenvalue weighted by Crippen LogP contribution is 2.38. The molecular formula is C20H24Cl2N2O2. The first-order valence-electron chi connectivity index (χ1n) is 9.22. The minimum Gasteiger partial charge on any atom is -0.342 e. The van der Waals surface area contributed by atoms with E-state index in [0.29, 0.717) is 22.2 Å². The Bertz CT molecular complexity index is 720. The minimum absolute atomic E-state index is 0.112. The van der Waals surface area contributed by atoms with E-state index >= 15 is 0 Å². The van der Waals surface area contributed by atoms with Gasteiger partial charge in [-0.3, -0.25) is 9.59 Å². The van der Waals surface area contributed by atoms with Crippen molar-refractivity contribution in [3.63, 3.8) is 0 Å². The number of fused-ring (bicyclic) bond motifs is 1. The van der Waals surface area contributed by atoms with Gasteiger partial charge in [-0.2, -0.15) is 0 Å². The van der Waals surface area contributed by atoms with Crippen molar-refractivity contribution in [1.29, 1.82) is 0 Å². The molecule has 1 fully saturated rings. The Labute approximate surface area is 164 Å². The van der Waals surface area contributed by atoms with Gasteiger partial charge in [0, 0.05) is 18.1 Å². The van der Waals surface area contributed by atoms with Gasteiger partial charge in [0.2, 0.25) is 11.8 Å². The van der Waals surface area contributed by atoms with Crippen LogP contribution >= 0.6 is 23.2 Å². The minimum atomic E-state index is -0.367. The highest BCUT2D eigenvalue weighted by atomic mass is 35.5. The average molecular weight is 395 g/mol. The third kappa shape index (κ3) is 4.07. The lowest BCUT2D eigenvalue weighted by Gasteiger charge is -2.41. The quantitative estimate of drug-likeness (QED) is 0.730. The molecule has 1 heterocycles. The van der Waals surface area contributed by atoms with Crippen LogP contribution in [0, 0.1) is 17.8 Å². The van der Waals surface area contributed by atoms with E-state index in [1.165, 1.54) is 0 Å².